The van der Waals surface area contributed by atoms with Gasteiger partial charge in [-0.3, -0.25) is 4.79 Å². The Kier molecular flexibility index (Phi) is 4.36. The molecule has 0 aliphatic carbocycles. The van der Waals surface area contributed by atoms with E-state index in [0.717, 1.165) is 24.2 Å². The van der Waals surface area contributed by atoms with Crippen molar-refractivity contribution in [3.05, 3.63) is 29.8 Å². The number of aryl methyl sites for hydroxylation is 1. The Morgan fingerprint density at radius 2 is 2.18 bits per heavy atom. The number of methoxy groups -OCH3 is 1. The normalized spacial score (nSPS) is 23.2. The number of carbonyl (C=O) groups is 1. The lowest BCUT2D eigenvalue weighted by molar-refractivity contribution is -0.199. The number of likely N-dealkylation sites (tertiary alicyclic amines) is 1. The van der Waals surface area contributed by atoms with Crippen LogP contribution in [0.5, 0.6) is 5.75 Å². The summed E-state index contributed by atoms with van der Waals surface area (Å²) in [7, 11) is 1.74. The number of carbonyl (C=O) groups excluding carboxylic acids is 1. The van der Waals surface area contributed by atoms with Gasteiger partial charge in [0.2, 0.25) is 0 Å². The molecule has 2 heterocycles. The van der Waals surface area contributed by atoms with E-state index in [4.69, 9.17) is 14.2 Å². The van der Waals surface area contributed by atoms with E-state index in [1.54, 1.807) is 12.0 Å². The summed E-state index contributed by atoms with van der Waals surface area (Å²) in [6.45, 7) is 4.04. The van der Waals surface area contributed by atoms with Gasteiger partial charge < -0.3 is 19.1 Å². The Labute approximate surface area is 131 Å². The molecule has 0 N–H and O–H groups in total. The minimum absolute atomic E-state index is 0.0111. The molecule has 0 bridgehead atoms. The van der Waals surface area contributed by atoms with Crippen LogP contribution in [0.3, 0.4) is 0 Å². The summed E-state index contributed by atoms with van der Waals surface area (Å²) in [5.41, 5.74) is 0.839. The van der Waals surface area contributed by atoms with E-state index < -0.39 is 0 Å². The molecular weight excluding hydrogens is 282 g/mol. The minimum Gasteiger partial charge on any atom is -0.484 e. The molecule has 1 amide bonds. The van der Waals surface area contributed by atoms with Gasteiger partial charge in [0.25, 0.3) is 5.91 Å². The smallest absolute Gasteiger partial charge is 0.260 e. The van der Waals surface area contributed by atoms with E-state index in [1.807, 2.05) is 31.2 Å². The molecule has 0 aromatic heterocycles. The first kappa shape index (κ1) is 15.3. The van der Waals surface area contributed by atoms with Crippen molar-refractivity contribution in [1.82, 2.24) is 4.90 Å². The number of amides is 1. The van der Waals surface area contributed by atoms with E-state index in [-0.39, 0.29) is 24.2 Å². The maximum Gasteiger partial charge on any atom is 0.260 e. The Balaban J connectivity index is 1.48. The van der Waals surface area contributed by atoms with Gasteiger partial charge in [-0.1, -0.05) is 18.2 Å². The number of benzene rings is 1. The van der Waals surface area contributed by atoms with Crippen molar-refractivity contribution >= 4 is 5.91 Å². The lowest BCUT2D eigenvalue weighted by Crippen LogP contribution is -2.67. The summed E-state index contributed by atoms with van der Waals surface area (Å²) in [6, 6.07) is 7.72. The molecule has 1 spiro atoms. The zero-order chi connectivity index (χ0) is 15.6. The number of rotatable bonds is 4. The quantitative estimate of drug-likeness (QED) is 0.851. The van der Waals surface area contributed by atoms with E-state index in [1.165, 1.54) is 0 Å². The van der Waals surface area contributed by atoms with Gasteiger partial charge in [-0.25, -0.2) is 0 Å². The molecular formula is C17H23NO4. The summed E-state index contributed by atoms with van der Waals surface area (Å²) in [4.78, 5) is 14.0. The van der Waals surface area contributed by atoms with Crippen molar-refractivity contribution in [3.63, 3.8) is 0 Å². The van der Waals surface area contributed by atoms with Gasteiger partial charge in [0, 0.05) is 20.1 Å². The molecule has 1 atom stereocenters. The average Bonchev–Trinajstić information content (AvgIpc) is 2.51. The van der Waals surface area contributed by atoms with Gasteiger partial charge in [0.05, 0.1) is 19.2 Å². The summed E-state index contributed by atoms with van der Waals surface area (Å²) in [6.07, 6.45) is 2.04. The average molecular weight is 305 g/mol. The molecule has 0 unspecified atom stereocenters. The lowest BCUT2D eigenvalue weighted by Gasteiger charge is -2.52. The van der Waals surface area contributed by atoms with Gasteiger partial charge in [0.15, 0.2) is 6.61 Å². The topological polar surface area (TPSA) is 48.0 Å². The first-order valence-corrected chi connectivity index (χ1v) is 7.75. The third-order valence-electron chi connectivity index (χ3n) is 4.54. The van der Waals surface area contributed by atoms with E-state index in [9.17, 15) is 4.79 Å². The third kappa shape index (κ3) is 3.10. The summed E-state index contributed by atoms with van der Waals surface area (Å²) in [5, 5.41) is 0. The zero-order valence-corrected chi connectivity index (χ0v) is 13.2. The molecule has 120 valence electrons. The largest absolute Gasteiger partial charge is 0.484 e. The second-order valence-corrected chi connectivity index (χ2v) is 6.19. The first-order valence-electron chi connectivity index (χ1n) is 7.75. The van der Waals surface area contributed by atoms with Gasteiger partial charge >= 0.3 is 0 Å². The first-order chi connectivity index (χ1) is 10.6. The van der Waals surface area contributed by atoms with Gasteiger partial charge in [-0.15, -0.1) is 0 Å². The fourth-order valence-electron chi connectivity index (χ4n) is 3.18. The molecule has 3 rings (SSSR count). The Morgan fingerprint density at radius 1 is 1.41 bits per heavy atom. The monoisotopic (exact) mass is 305 g/mol. The molecule has 5 heteroatoms. The maximum absolute atomic E-state index is 12.2. The molecule has 2 aliphatic heterocycles. The SMILES string of the molecule is CO[C@H]1CCOC2(C1)CN(C(=O)COc1ccccc1C)C2. The highest BCUT2D eigenvalue weighted by Gasteiger charge is 2.49. The number of hydrogen-bond acceptors (Lipinski definition) is 4. The second kappa shape index (κ2) is 6.26. The molecule has 2 aliphatic rings. The second-order valence-electron chi connectivity index (χ2n) is 6.19. The van der Waals surface area contributed by atoms with E-state index >= 15 is 0 Å². The highest BCUT2D eigenvalue weighted by Crippen LogP contribution is 2.35. The fraction of sp³-hybridized carbons (Fsp3) is 0.588. The Bertz CT molecular complexity index is 539. The number of ether oxygens (including phenoxy) is 3. The van der Waals surface area contributed by atoms with Crippen molar-refractivity contribution < 1.29 is 19.0 Å². The molecule has 22 heavy (non-hydrogen) atoms. The van der Waals surface area contributed by atoms with Crippen molar-refractivity contribution in [3.8, 4) is 5.75 Å². The predicted octanol–water partition coefficient (Wildman–Crippen LogP) is 1.78. The van der Waals surface area contributed by atoms with Crippen molar-refractivity contribution in [2.24, 2.45) is 0 Å². The van der Waals surface area contributed by atoms with Crippen LogP contribution >= 0.6 is 0 Å². The molecule has 0 saturated carbocycles. The predicted molar refractivity (Wildman–Crippen MR) is 82.0 cm³/mol. The molecule has 2 saturated heterocycles. The van der Waals surface area contributed by atoms with Crippen LogP contribution in [0.1, 0.15) is 18.4 Å². The summed E-state index contributed by atoms with van der Waals surface area (Å²) >= 11 is 0. The summed E-state index contributed by atoms with van der Waals surface area (Å²) in [5.74, 6) is 0.775. The molecule has 5 nitrogen and oxygen atoms in total. The van der Waals surface area contributed by atoms with Crippen LogP contribution in [0.4, 0.5) is 0 Å². The van der Waals surface area contributed by atoms with E-state index in [2.05, 4.69) is 0 Å². The van der Waals surface area contributed by atoms with Crippen molar-refractivity contribution in [2.75, 3.05) is 33.4 Å². The number of nitrogens with zero attached hydrogens (tertiary/aromatic N) is 1. The van der Waals surface area contributed by atoms with Crippen LogP contribution in [-0.2, 0) is 14.3 Å². The number of para-hydroxylation sites is 1. The van der Waals surface area contributed by atoms with E-state index in [0.29, 0.717) is 19.7 Å². The van der Waals surface area contributed by atoms with Gasteiger partial charge in [-0.2, -0.15) is 0 Å². The minimum atomic E-state index is -0.197. The van der Waals surface area contributed by atoms with Crippen LogP contribution < -0.4 is 4.74 Å². The standard InChI is InChI=1S/C17H23NO4/c1-13-5-3-4-6-15(13)21-10-16(19)18-11-17(12-18)9-14(20-2)7-8-22-17/h3-6,14H,7-12H2,1-2H3/t14-/m0/s1. The maximum atomic E-state index is 12.2. The van der Waals surface area contributed by atoms with Gasteiger partial charge in [0.1, 0.15) is 11.4 Å². The van der Waals surface area contributed by atoms with Crippen molar-refractivity contribution in [1.29, 1.82) is 0 Å². The molecule has 1 aromatic rings. The Morgan fingerprint density at radius 3 is 2.91 bits per heavy atom. The highest BCUT2D eigenvalue weighted by molar-refractivity contribution is 5.79. The zero-order valence-electron chi connectivity index (χ0n) is 13.2. The molecule has 2 fully saturated rings. The third-order valence-corrected chi connectivity index (χ3v) is 4.54. The Hall–Kier alpha value is -1.59. The lowest BCUT2D eigenvalue weighted by atomic mass is 9.84. The molecule has 0 radical (unpaired) electrons. The van der Waals surface area contributed by atoms with Crippen LogP contribution in [0.2, 0.25) is 0 Å². The van der Waals surface area contributed by atoms with Crippen LogP contribution in [0.15, 0.2) is 24.3 Å². The molecule has 1 aromatic carbocycles. The van der Waals surface area contributed by atoms with Crippen LogP contribution in [0.25, 0.3) is 0 Å². The highest BCUT2D eigenvalue weighted by atomic mass is 16.5. The van der Waals surface area contributed by atoms with Crippen LogP contribution in [-0.4, -0.2) is 55.9 Å². The van der Waals surface area contributed by atoms with Gasteiger partial charge in [-0.05, 0) is 25.0 Å². The number of hydrogen-bond donors (Lipinski definition) is 0. The fourth-order valence-corrected chi connectivity index (χ4v) is 3.18. The summed E-state index contributed by atoms with van der Waals surface area (Å²) < 4.78 is 16.9. The van der Waals surface area contributed by atoms with Crippen LogP contribution in [0, 0.1) is 6.92 Å². The van der Waals surface area contributed by atoms with Crippen molar-refractivity contribution in [2.45, 2.75) is 31.5 Å².